The molecule has 0 saturated carbocycles. The molecule has 0 unspecified atom stereocenters. The molecule has 0 fully saturated rings. The number of hydrogen-bond acceptors (Lipinski definition) is 9. The lowest BCUT2D eigenvalue weighted by molar-refractivity contribution is 0.629. The highest BCUT2D eigenvalue weighted by molar-refractivity contribution is 6.35. The zero-order valence-electron chi connectivity index (χ0n) is 15.9. The van der Waals surface area contributed by atoms with Gasteiger partial charge in [0.25, 0.3) is 5.56 Å². The van der Waals surface area contributed by atoms with Crippen LogP contribution in [0.4, 0.5) is 22.0 Å². The van der Waals surface area contributed by atoms with Crippen molar-refractivity contribution in [3.8, 4) is 11.8 Å². The van der Waals surface area contributed by atoms with E-state index < -0.39 is 17.4 Å². The van der Waals surface area contributed by atoms with Crippen LogP contribution in [0.3, 0.4) is 0 Å². The first-order chi connectivity index (χ1) is 14.8. The second kappa shape index (κ2) is 7.54. The summed E-state index contributed by atoms with van der Waals surface area (Å²) in [5.74, 6) is -0.666. The van der Waals surface area contributed by atoms with Gasteiger partial charge in [-0.15, -0.1) is 0 Å². The molecule has 31 heavy (non-hydrogen) atoms. The molecule has 1 atom stereocenters. The number of halogens is 2. The summed E-state index contributed by atoms with van der Waals surface area (Å²) in [5, 5.41) is 18.4. The van der Waals surface area contributed by atoms with Crippen LogP contribution >= 0.6 is 11.6 Å². The molecule has 3 aromatic heterocycles. The number of nitrogen functional groups attached to an aromatic ring is 2. The van der Waals surface area contributed by atoms with E-state index in [9.17, 15) is 14.4 Å². The maximum atomic E-state index is 14.0. The number of H-pyrrole nitrogens is 1. The fourth-order valence-corrected chi connectivity index (χ4v) is 3.35. The molecule has 6 N–H and O–H groups in total. The van der Waals surface area contributed by atoms with E-state index in [2.05, 4.69) is 30.5 Å². The Morgan fingerprint density at radius 2 is 2.10 bits per heavy atom. The number of nitrogens with one attached hydrogen (secondary N) is 2. The van der Waals surface area contributed by atoms with Crippen molar-refractivity contribution in [1.29, 1.82) is 5.26 Å². The molecule has 0 amide bonds. The first kappa shape index (κ1) is 20.0. The molecular weight excluding hydrogens is 427 g/mol. The van der Waals surface area contributed by atoms with Crippen molar-refractivity contribution in [3.05, 3.63) is 57.1 Å². The van der Waals surface area contributed by atoms with Gasteiger partial charge >= 0.3 is 0 Å². The van der Waals surface area contributed by atoms with Gasteiger partial charge in [-0.05, 0) is 19.1 Å². The van der Waals surface area contributed by atoms with Crippen LogP contribution in [0, 0.1) is 17.1 Å². The van der Waals surface area contributed by atoms with Gasteiger partial charge in [0.1, 0.15) is 29.1 Å². The normalized spacial score (nSPS) is 11.9. The van der Waals surface area contributed by atoms with E-state index in [1.165, 1.54) is 23.0 Å². The quantitative estimate of drug-likeness (QED) is 0.368. The van der Waals surface area contributed by atoms with E-state index in [1.54, 1.807) is 6.92 Å². The van der Waals surface area contributed by atoms with Crippen LogP contribution in [0.15, 0.2) is 29.3 Å². The fourth-order valence-electron chi connectivity index (χ4n) is 3.11. The van der Waals surface area contributed by atoms with Crippen molar-refractivity contribution in [2.45, 2.75) is 13.0 Å². The highest BCUT2D eigenvalue weighted by atomic mass is 35.5. The molecule has 156 valence electrons. The summed E-state index contributed by atoms with van der Waals surface area (Å²) in [5.41, 5.74) is 11.3. The van der Waals surface area contributed by atoms with Crippen molar-refractivity contribution in [3.63, 3.8) is 0 Å². The number of anilines is 3. The number of fused-ring (bicyclic) bond motifs is 1. The van der Waals surface area contributed by atoms with E-state index in [1.807, 2.05) is 6.07 Å². The van der Waals surface area contributed by atoms with Gasteiger partial charge in [-0.2, -0.15) is 20.3 Å². The Kier molecular flexibility index (Phi) is 4.88. The molecule has 0 radical (unpaired) electrons. The number of aromatic nitrogens is 6. The molecule has 0 saturated heterocycles. The van der Waals surface area contributed by atoms with Gasteiger partial charge < -0.3 is 16.8 Å². The minimum atomic E-state index is -0.740. The van der Waals surface area contributed by atoms with Crippen LogP contribution < -0.4 is 22.3 Å². The Morgan fingerprint density at radius 3 is 2.77 bits per heavy atom. The SMILES string of the molecule is C[C@H](Nc1nc(N)nc(N)c1C#N)c1nc2ccc(F)c(Cl)c2c(=O)n1-c1cn[nH]c1. The molecule has 11 nitrogen and oxygen atoms in total. The summed E-state index contributed by atoms with van der Waals surface area (Å²) in [6.07, 6.45) is 2.87. The third-order valence-electron chi connectivity index (χ3n) is 4.50. The number of aromatic amines is 1. The van der Waals surface area contributed by atoms with Gasteiger partial charge in [0, 0.05) is 6.20 Å². The van der Waals surface area contributed by atoms with Crippen LogP contribution in [-0.4, -0.2) is 29.7 Å². The van der Waals surface area contributed by atoms with Crippen LogP contribution in [0.5, 0.6) is 0 Å². The van der Waals surface area contributed by atoms with Crippen molar-refractivity contribution in [1.82, 2.24) is 29.7 Å². The zero-order chi connectivity index (χ0) is 22.3. The van der Waals surface area contributed by atoms with Crippen molar-refractivity contribution in [2.24, 2.45) is 0 Å². The molecule has 0 aliphatic rings. The Labute approximate surface area is 178 Å². The molecule has 0 bridgehead atoms. The summed E-state index contributed by atoms with van der Waals surface area (Å²) in [6.45, 7) is 1.69. The standard InChI is InChI=1S/C18H14ClFN10O/c1-7(26-15-9(4-21)14(22)28-18(23)29-15)16-27-11-3-2-10(20)13(19)12(11)17(31)30(16)8-5-24-25-6-8/h2-3,5-7H,1H3,(H,24,25)(H5,22,23,26,28,29)/t7-/m0/s1. The minimum Gasteiger partial charge on any atom is -0.382 e. The third-order valence-corrected chi connectivity index (χ3v) is 4.87. The van der Waals surface area contributed by atoms with E-state index in [0.29, 0.717) is 5.69 Å². The predicted molar refractivity (Wildman–Crippen MR) is 112 cm³/mol. The lowest BCUT2D eigenvalue weighted by atomic mass is 10.2. The van der Waals surface area contributed by atoms with Crippen LogP contribution in [0.25, 0.3) is 16.6 Å². The van der Waals surface area contributed by atoms with E-state index in [4.69, 9.17) is 23.1 Å². The lowest BCUT2D eigenvalue weighted by Gasteiger charge is -2.20. The summed E-state index contributed by atoms with van der Waals surface area (Å²) in [4.78, 5) is 25.6. The zero-order valence-corrected chi connectivity index (χ0v) is 16.6. The average Bonchev–Trinajstić information content (AvgIpc) is 3.24. The molecule has 0 aliphatic carbocycles. The number of rotatable bonds is 4. The number of hydrogen-bond donors (Lipinski definition) is 4. The van der Waals surface area contributed by atoms with Crippen LogP contribution in [-0.2, 0) is 0 Å². The molecule has 4 rings (SSSR count). The van der Waals surface area contributed by atoms with Gasteiger partial charge in [-0.25, -0.2) is 9.37 Å². The second-order valence-corrected chi connectivity index (χ2v) is 6.87. The third kappa shape index (κ3) is 3.36. The monoisotopic (exact) mass is 440 g/mol. The maximum absolute atomic E-state index is 14.0. The van der Waals surface area contributed by atoms with Crippen LogP contribution in [0.2, 0.25) is 5.02 Å². The summed E-state index contributed by atoms with van der Waals surface area (Å²) < 4.78 is 15.2. The van der Waals surface area contributed by atoms with Crippen molar-refractivity contribution < 1.29 is 4.39 Å². The fraction of sp³-hybridized carbons (Fsp3) is 0.111. The average molecular weight is 441 g/mol. The van der Waals surface area contributed by atoms with Gasteiger partial charge in [-0.3, -0.25) is 14.5 Å². The maximum Gasteiger partial charge on any atom is 0.267 e. The molecular formula is C18H14ClFN10O. The number of nitriles is 1. The molecule has 4 aromatic rings. The van der Waals surface area contributed by atoms with Gasteiger partial charge in [0.2, 0.25) is 5.95 Å². The Balaban J connectivity index is 1.94. The Bertz CT molecular complexity index is 1410. The van der Waals surface area contributed by atoms with E-state index in [0.717, 1.165) is 6.07 Å². The van der Waals surface area contributed by atoms with Gasteiger partial charge in [0.05, 0.1) is 33.9 Å². The van der Waals surface area contributed by atoms with Crippen molar-refractivity contribution >= 4 is 40.1 Å². The summed E-state index contributed by atoms with van der Waals surface area (Å²) in [7, 11) is 0. The number of benzene rings is 1. The van der Waals surface area contributed by atoms with E-state index in [-0.39, 0.29) is 44.9 Å². The van der Waals surface area contributed by atoms with Crippen LogP contribution in [0.1, 0.15) is 24.4 Å². The van der Waals surface area contributed by atoms with Gasteiger partial charge in [-0.1, -0.05) is 11.6 Å². The second-order valence-electron chi connectivity index (χ2n) is 6.49. The first-order valence-electron chi connectivity index (χ1n) is 8.81. The Hall–Kier alpha value is -4.24. The summed E-state index contributed by atoms with van der Waals surface area (Å²) >= 11 is 6.05. The molecule has 3 heterocycles. The van der Waals surface area contributed by atoms with Crippen molar-refractivity contribution in [2.75, 3.05) is 16.8 Å². The largest absolute Gasteiger partial charge is 0.382 e. The molecule has 13 heteroatoms. The topological polar surface area (TPSA) is 177 Å². The number of nitrogens with two attached hydrogens (primary N) is 2. The molecule has 0 spiro atoms. The van der Waals surface area contributed by atoms with E-state index >= 15 is 0 Å². The minimum absolute atomic E-state index is 0.0100. The molecule has 1 aromatic carbocycles. The predicted octanol–water partition coefficient (Wildman–Crippen LogP) is 1.90. The number of nitrogens with zero attached hydrogens (tertiary/aromatic N) is 6. The lowest BCUT2D eigenvalue weighted by Crippen LogP contribution is -2.27. The van der Waals surface area contributed by atoms with Gasteiger partial charge in [0.15, 0.2) is 5.82 Å². The highest BCUT2D eigenvalue weighted by Crippen LogP contribution is 2.27. The Morgan fingerprint density at radius 1 is 1.32 bits per heavy atom. The smallest absolute Gasteiger partial charge is 0.267 e. The molecule has 0 aliphatic heterocycles. The first-order valence-corrected chi connectivity index (χ1v) is 9.19. The summed E-state index contributed by atoms with van der Waals surface area (Å²) in [6, 6.07) is 3.71. The highest BCUT2D eigenvalue weighted by Gasteiger charge is 2.23.